The highest BCUT2D eigenvalue weighted by Crippen LogP contribution is 2.32. The number of hydrogen-bond acceptors (Lipinski definition) is 4. The van der Waals surface area contributed by atoms with Gasteiger partial charge in [0.05, 0.1) is 22.8 Å². The predicted molar refractivity (Wildman–Crippen MR) is 103 cm³/mol. The highest BCUT2D eigenvalue weighted by atomic mass is 35.5. The summed E-state index contributed by atoms with van der Waals surface area (Å²) in [5, 5.41) is 3.19. The maximum atomic E-state index is 12.0. The first-order valence-corrected chi connectivity index (χ1v) is 8.40. The number of benzene rings is 2. The molecule has 0 aliphatic rings. The molecule has 0 heterocycles. The van der Waals surface area contributed by atoms with E-state index in [0.717, 1.165) is 11.1 Å². The van der Waals surface area contributed by atoms with Gasteiger partial charge in [-0.3, -0.25) is 4.79 Å². The Balaban J connectivity index is 1.92. The van der Waals surface area contributed by atoms with Gasteiger partial charge < -0.3 is 14.8 Å². The van der Waals surface area contributed by atoms with E-state index in [1.54, 1.807) is 37.3 Å². The number of rotatable bonds is 6. The van der Waals surface area contributed by atoms with E-state index in [9.17, 15) is 9.59 Å². The van der Waals surface area contributed by atoms with Crippen LogP contribution in [0.1, 0.15) is 11.1 Å². The summed E-state index contributed by atoms with van der Waals surface area (Å²) in [6.45, 7) is 1.33. The van der Waals surface area contributed by atoms with Crippen molar-refractivity contribution in [2.45, 2.75) is 6.92 Å². The molecule has 2 rings (SSSR count). The number of aryl methyl sites for hydroxylation is 1. The number of ether oxygens (including phenoxy) is 2. The number of methoxy groups -OCH3 is 1. The summed E-state index contributed by atoms with van der Waals surface area (Å²) in [5.41, 5.74) is 1.77. The Morgan fingerprint density at radius 3 is 2.62 bits per heavy atom. The van der Waals surface area contributed by atoms with E-state index in [1.165, 1.54) is 13.2 Å². The molecule has 0 aliphatic heterocycles. The van der Waals surface area contributed by atoms with Gasteiger partial charge in [-0.05, 0) is 30.7 Å². The van der Waals surface area contributed by atoms with E-state index in [-0.39, 0.29) is 0 Å². The van der Waals surface area contributed by atoms with E-state index in [0.29, 0.717) is 21.5 Å². The summed E-state index contributed by atoms with van der Waals surface area (Å²) in [6.07, 6.45) is 2.77. The van der Waals surface area contributed by atoms with Gasteiger partial charge in [-0.25, -0.2) is 4.79 Å². The van der Waals surface area contributed by atoms with Crippen LogP contribution in [0, 0.1) is 6.92 Å². The quantitative estimate of drug-likeness (QED) is 0.579. The monoisotopic (exact) mass is 393 g/mol. The van der Waals surface area contributed by atoms with Gasteiger partial charge >= 0.3 is 5.97 Å². The van der Waals surface area contributed by atoms with Crippen LogP contribution in [0.3, 0.4) is 0 Å². The molecule has 0 aromatic heterocycles. The molecule has 0 saturated carbocycles. The smallest absolute Gasteiger partial charge is 0.331 e. The van der Waals surface area contributed by atoms with Gasteiger partial charge in [-0.15, -0.1) is 0 Å². The molecule has 0 unspecified atom stereocenters. The Hall–Kier alpha value is -2.50. The maximum Gasteiger partial charge on any atom is 0.331 e. The molecule has 5 nitrogen and oxygen atoms in total. The summed E-state index contributed by atoms with van der Waals surface area (Å²) >= 11 is 12.1. The number of nitrogens with one attached hydrogen (secondary N) is 1. The third-order valence-corrected chi connectivity index (χ3v) is 4.23. The molecule has 7 heteroatoms. The van der Waals surface area contributed by atoms with E-state index < -0.39 is 18.5 Å². The van der Waals surface area contributed by atoms with Crippen molar-refractivity contribution in [3.8, 4) is 5.75 Å². The fourth-order valence-electron chi connectivity index (χ4n) is 2.09. The molecule has 0 atom stereocenters. The topological polar surface area (TPSA) is 64.6 Å². The van der Waals surface area contributed by atoms with Crippen molar-refractivity contribution < 1.29 is 19.1 Å². The molecular formula is C19H17Cl2NO4. The van der Waals surface area contributed by atoms with E-state index in [1.807, 2.05) is 12.1 Å². The summed E-state index contributed by atoms with van der Waals surface area (Å²) < 4.78 is 10.1. The Labute approximate surface area is 161 Å². The van der Waals surface area contributed by atoms with E-state index in [2.05, 4.69) is 5.32 Å². The third kappa shape index (κ3) is 5.25. The molecule has 0 radical (unpaired) electrons. The highest BCUT2D eigenvalue weighted by molar-refractivity contribution is 6.40. The Morgan fingerprint density at radius 1 is 1.15 bits per heavy atom. The zero-order chi connectivity index (χ0) is 19.1. The number of anilines is 1. The molecule has 26 heavy (non-hydrogen) atoms. The second kappa shape index (κ2) is 9.27. The summed E-state index contributed by atoms with van der Waals surface area (Å²) in [5.74, 6) is -0.580. The van der Waals surface area contributed by atoms with Crippen LogP contribution in [0.2, 0.25) is 10.0 Å². The third-order valence-electron chi connectivity index (χ3n) is 3.43. The lowest BCUT2D eigenvalue weighted by molar-refractivity contribution is -0.142. The van der Waals surface area contributed by atoms with Crippen molar-refractivity contribution in [1.29, 1.82) is 0 Å². The van der Waals surface area contributed by atoms with Crippen molar-refractivity contribution in [2.24, 2.45) is 0 Å². The van der Waals surface area contributed by atoms with Gasteiger partial charge in [0.1, 0.15) is 5.75 Å². The van der Waals surface area contributed by atoms with Gasteiger partial charge in [0.15, 0.2) is 6.61 Å². The maximum absolute atomic E-state index is 12.0. The minimum atomic E-state index is -0.660. The normalized spacial score (nSPS) is 10.6. The average molecular weight is 394 g/mol. The molecule has 136 valence electrons. The fourth-order valence-corrected chi connectivity index (χ4v) is 2.56. The van der Waals surface area contributed by atoms with E-state index >= 15 is 0 Å². The molecule has 0 saturated heterocycles. The van der Waals surface area contributed by atoms with E-state index in [4.69, 9.17) is 32.7 Å². The van der Waals surface area contributed by atoms with Crippen LogP contribution in [0.5, 0.6) is 5.75 Å². The largest absolute Gasteiger partial charge is 0.496 e. The minimum Gasteiger partial charge on any atom is -0.496 e. The molecule has 0 fully saturated rings. The van der Waals surface area contributed by atoms with Crippen molar-refractivity contribution in [1.82, 2.24) is 0 Å². The number of para-hydroxylation sites is 1. The lowest BCUT2D eigenvalue weighted by Crippen LogP contribution is -2.20. The summed E-state index contributed by atoms with van der Waals surface area (Å²) in [6, 6.07) is 10.6. The van der Waals surface area contributed by atoms with Crippen LogP contribution in [0.25, 0.3) is 6.08 Å². The summed E-state index contributed by atoms with van der Waals surface area (Å²) in [4.78, 5) is 23.7. The zero-order valence-electron chi connectivity index (χ0n) is 14.2. The lowest BCUT2D eigenvalue weighted by atomic mass is 10.2. The first-order valence-electron chi connectivity index (χ1n) is 7.64. The number of halogens is 2. The Kier molecular flexibility index (Phi) is 7.06. The van der Waals surface area contributed by atoms with Crippen LogP contribution in [0.15, 0.2) is 42.5 Å². The molecule has 0 aliphatic carbocycles. The molecule has 1 N–H and O–H groups in total. The Bertz CT molecular complexity index is 849. The van der Waals surface area contributed by atoms with Crippen LogP contribution in [-0.2, 0) is 14.3 Å². The minimum absolute atomic E-state index is 0.291. The van der Waals surface area contributed by atoms with Gasteiger partial charge in [0, 0.05) is 11.6 Å². The molecule has 0 spiro atoms. The predicted octanol–water partition coefficient (Wildman–Crippen LogP) is 4.51. The molecule has 2 aromatic rings. The number of carbonyl (C=O) groups excluding carboxylic acids is 2. The van der Waals surface area contributed by atoms with Crippen molar-refractivity contribution >= 4 is 46.8 Å². The molecular weight excluding hydrogens is 377 g/mol. The first kappa shape index (κ1) is 19.8. The van der Waals surface area contributed by atoms with Crippen molar-refractivity contribution in [3.05, 3.63) is 63.6 Å². The highest BCUT2D eigenvalue weighted by Gasteiger charge is 2.13. The average Bonchev–Trinajstić information content (AvgIpc) is 2.65. The van der Waals surface area contributed by atoms with Gasteiger partial charge in [0.25, 0.3) is 5.91 Å². The molecule has 0 bridgehead atoms. The van der Waals surface area contributed by atoms with Crippen LogP contribution in [0.4, 0.5) is 5.69 Å². The second-order valence-electron chi connectivity index (χ2n) is 5.28. The van der Waals surface area contributed by atoms with Gasteiger partial charge in [-0.1, -0.05) is 47.5 Å². The van der Waals surface area contributed by atoms with Gasteiger partial charge in [0.2, 0.25) is 0 Å². The van der Waals surface area contributed by atoms with Crippen molar-refractivity contribution in [2.75, 3.05) is 19.0 Å². The number of hydrogen-bond donors (Lipinski definition) is 1. The number of amides is 1. The zero-order valence-corrected chi connectivity index (χ0v) is 15.7. The Morgan fingerprint density at radius 2 is 1.88 bits per heavy atom. The number of esters is 1. The summed E-state index contributed by atoms with van der Waals surface area (Å²) in [7, 11) is 1.54. The van der Waals surface area contributed by atoms with Crippen molar-refractivity contribution in [3.63, 3.8) is 0 Å². The first-order chi connectivity index (χ1) is 12.4. The van der Waals surface area contributed by atoms with Crippen LogP contribution >= 0.6 is 23.2 Å². The fraction of sp³-hybridized carbons (Fsp3) is 0.158. The lowest BCUT2D eigenvalue weighted by Gasteiger charge is -2.11. The molecule has 2 aromatic carbocycles. The SMILES string of the molecule is COc1ccccc1/C=C/C(=O)OCC(=O)Nc1c(Cl)ccc(C)c1Cl. The van der Waals surface area contributed by atoms with Gasteiger partial charge in [-0.2, -0.15) is 0 Å². The second-order valence-corrected chi connectivity index (χ2v) is 6.07. The van der Waals surface area contributed by atoms with Crippen LogP contribution in [-0.4, -0.2) is 25.6 Å². The molecule has 1 amide bonds. The van der Waals surface area contributed by atoms with Crippen LogP contribution < -0.4 is 10.1 Å². The standard InChI is InChI=1S/C19H17Cl2NO4/c1-12-7-9-14(20)19(18(12)21)22-16(23)11-26-17(24)10-8-13-5-3-4-6-15(13)25-2/h3-10H,11H2,1-2H3,(H,22,23)/b10-8+. The number of carbonyl (C=O) groups is 2.